The molecular weight excluding hydrogens is 188 g/mol. The third-order valence-corrected chi connectivity index (χ3v) is 2.97. The summed E-state index contributed by atoms with van der Waals surface area (Å²) < 4.78 is 0. The van der Waals surface area contributed by atoms with E-state index in [9.17, 15) is 0 Å². The highest BCUT2D eigenvalue weighted by Crippen LogP contribution is 2.15. The molecule has 4 N–H and O–H groups in total. The minimum atomic E-state index is 0.0865. The van der Waals surface area contributed by atoms with Gasteiger partial charge in [-0.15, -0.1) is 0 Å². The Kier molecular flexibility index (Phi) is 5.47. The molecule has 0 bridgehead atoms. The van der Waals surface area contributed by atoms with Gasteiger partial charge in [0.25, 0.3) is 0 Å². The first-order chi connectivity index (χ1) is 7.18. The van der Waals surface area contributed by atoms with E-state index in [0.717, 1.165) is 18.9 Å². The molecule has 0 aliphatic carbocycles. The van der Waals surface area contributed by atoms with Crippen LogP contribution in [-0.4, -0.2) is 37.0 Å². The maximum atomic E-state index is 6.99. The van der Waals surface area contributed by atoms with Gasteiger partial charge >= 0.3 is 0 Å². The van der Waals surface area contributed by atoms with Crippen LogP contribution in [0.2, 0.25) is 0 Å². The SMILES string of the molecule is CC1CCN(CCCCCNC(=N)N)C1. The summed E-state index contributed by atoms with van der Waals surface area (Å²) in [6.45, 7) is 6.98. The Morgan fingerprint density at radius 2 is 2.27 bits per heavy atom. The quantitative estimate of drug-likeness (QED) is 0.349. The minimum Gasteiger partial charge on any atom is -0.370 e. The van der Waals surface area contributed by atoms with Crippen molar-refractivity contribution in [3.8, 4) is 0 Å². The van der Waals surface area contributed by atoms with E-state index >= 15 is 0 Å². The molecule has 1 heterocycles. The number of nitrogens with two attached hydrogens (primary N) is 1. The van der Waals surface area contributed by atoms with Gasteiger partial charge < -0.3 is 16.0 Å². The van der Waals surface area contributed by atoms with Crippen molar-refractivity contribution in [2.45, 2.75) is 32.6 Å². The number of hydrogen-bond donors (Lipinski definition) is 3. The maximum Gasteiger partial charge on any atom is 0.185 e. The Morgan fingerprint density at radius 3 is 2.87 bits per heavy atom. The van der Waals surface area contributed by atoms with Crippen molar-refractivity contribution in [3.63, 3.8) is 0 Å². The highest BCUT2D eigenvalue weighted by Gasteiger charge is 2.17. The summed E-state index contributed by atoms with van der Waals surface area (Å²) >= 11 is 0. The van der Waals surface area contributed by atoms with Crippen molar-refractivity contribution in [2.24, 2.45) is 11.7 Å². The normalized spacial score (nSPS) is 21.8. The number of nitrogens with zero attached hydrogens (tertiary/aromatic N) is 1. The number of nitrogens with one attached hydrogen (secondary N) is 2. The van der Waals surface area contributed by atoms with E-state index in [0.29, 0.717) is 0 Å². The highest BCUT2D eigenvalue weighted by atomic mass is 15.1. The van der Waals surface area contributed by atoms with Crippen molar-refractivity contribution in [1.82, 2.24) is 10.2 Å². The topological polar surface area (TPSA) is 65.1 Å². The first kappa shape index (κ1) is 12.3. The van der Waals surface area contributed by atoms with Crippen LogP contribution in [0.4, 0.5) is 0 Å². The van der Waals surface area contributed by atoms with Gasteiger partial charge in [0.1, 0.15) is 0 Å². The summed E-state index contributed by atoms with van der Waals surface area (Å²) in [5.74, 6) is 0.979. The molecule has 4 heteroatoms. The Balaban J connectivity index is 1.87. The van der Waals surface area contributed by atoms with Gasteiger partial charge in [0, 0.05) is 13.1 Å². The maximum absolute atomic E-state index is 6.99. The molecule has 0 saturated carbocycles. The van der Waals surface area contributed by atoms with Crippen molar-refractivity contribution in [3.05, 3.63) is 0 Å². The molecule has 0 aromatic rings. The van der Waals surface area contributed by atoms with Crippen LogP contribution in [-0.2, 0) is 0 Å². The lowest BCUT2D eigenvalue weighted by Gasteiger charge is -2.14. The molecule has 1 saturated heterocycles. The first-order valence-electron chi connectivity index (χ1n) is 5.98. The van der Waals surface area contributed by atoms with Gasteiger partial charge in [-0.25, -0.2) is 0 Å². The van der Waals surface area contributed by atoms with Crippen LogP contribution in [0.25, 0.3) is 0 Å². The van der Waals surface area contributed by atoms with E-state index in [1.807, 2.05) is 0 Å². The summed E-state index contributed by atoms with van der Waals surface area (Å²) in [5.41, 5.74) is 5.19. The molecule has 0 aromatic heterocycles. The third kappa shape index (κ3) is 5.62. The zero-order valence-corrected chi connectivity index (χ0v) is 9.76. The molecule has 1 rings (SSSR count). The Morgan fingerprint density at radius 1 is 1.47 bits per heavy atom. The molecule has 0 spiro atoms. The van der Waals surface area contributed by atoms with Gasteiger partial charge in [0.05, 0.1) is 0 Å². The molecule has 1 aliphatic rings. The predicted molar refractivity (Wildman–Crippen MR) is 64.0 cm³/mol. The summed E-state index contributed by atoms with van der Waals surface area (Å²) in [7, 11) is 0. The lowest BCUT2D eigenvalue weighted by Crippen LogP contribution is -2.31. The fourth-order valence-electron chi connectivity index (χ4n) is 2.09. The van der Waals surface area contributed by atoms with E-state index < -0.39 is 0 Å². The average Bonchev–Trinajstić information content (AvgIpc) is 2.57. The minimum absolute atomic E-state index is 0.0865. The van der Waals surface area contributed by atoms with Crippen molar-refractivity contribution in [1.29, 1.82) is 5.41 Å². The molecule has 0 amide bonds. The standard InChI is InChI=1S/C11H24N4/c1-10-5-8-15(9-10)7-4-2-3-6-14-11(12)13/h10H,2-9H2,1H3,(H4,12,13,14). The van der Waals surface area contributed by atoms with Crippen molar-refractivity contribution >= 4 is 5.96 Å². The summed E-state index contributed by atoms with van der Waals surface area (Å²) in [4.78, 5) is 2.56. The van der Waals surface area contributed by atoms with Crippen LogP contribution in [0.15, 0.2) is 0 Å². The highest BCUT2D eigenvalue weighted by molar-refractivity contribution is 5.74. The number of guanidine groups is 1. The van der Waals surface area contributed by atoms with Crippen molar-refractivity contribution < 1.29 is 0 Å². The van der Waals surface area contributed by atoms with Crippen LogP contribution in [0, 0.1) is 11.3 Å². The zero-order chi connectivity index (χ0) is 11.1. The molecule has 88 valence electrons. The lowest BCUT2D eigenvalue weighted by atomic mass is 10.2. The Hall–Kier alpha value is -0.770. The van der Waals surface area contributed by atoms with E-state index in [1.165, 1.54) is 38.9 Å². The monoisotopic (exact) mass is 212 g/mol. The predicted octanol–water partition coefficient (Wildman–Crippen LogP) is 0.982. The Bertz CT molecular complexity index is 193. The number of likely N-dealkylation sites (tertiary alicyclic amines) is 1. The summed E-state index contributed by atoms with van der Waals surface area (Å²) in [6.07, 6.45) is 4.98. The van der Waals surface area contributed by atoms with Crippen LogP contribution in [0.1, 0.15) is 32.6 Å². The summed E-state index contributed by atoms with van der Waals surface area (Å²) in [6, 6.07) is 0. The summed E-state index contributed by atoms with van der Waals surface area (Å²) in [5, 5.41) is 9.82. The first-order valence-corrected chi connectivity index (χ1v) is 5.98. The van der Waals surface area contributed by atoms with E-state index in [-0.39, 0.29) is 5.96 Å². The zero-order valence-electron chi connectivity index (χ0n) is 9.76. The molecule has 4 nitrogen and oxygen atoms in total. The van der Waals surface area contributed by atoms with E-state index in [1.54, 1.807) is 0 Å². The number of hydrogen-bond acceptors (Lipinski definition) is 2. The van der Waals surface area contributed by atoms with Crippen LogP contribution in [0.5, 0.6) is 0 Å². The number of unbranched alkanes of at least 4 members (excludes halogenated alkanes) is 2. The largest absolute Gasteiger partial charge is 0.370 e. The molecule has 0 aromatic carbocycles. The fraction of sp³-hybridized carbons (Fsp3) is 0.909. The second kappa shape index (κ2) is 6.67. The number of rotatable bonds is 6. The third-order valence-electron chi connectivity index (χ3n) is 2.97. The van der Waals surface area contributed by atoms with Gasteiger partial charge in [-0.3, -0.25) is 5.41 Å². The lowest BCUT2D eigenvalue weighted by molar-refractivity contribution is 0.318. The van der Waals surface area contributed by atoms with Crippen LogP contribution < -0.4 is 11.1 Å². The van der Waals surface area contributed by atoms with Crippen LogP contribution in [0.3, 0.4) is 0 Å². The van der Waals surface area contributed by atoms with Gasteiger partial charge in [0.15, 0.2) is 5.96 Å². The average molecular weight is 212 g/mol. The second-order valence-electron chi connectivity index (χ2n) is 4.60. The fourth-order valence-corrected chi connectivity index (χ4v) is 2.09. The van der Waals surface area contributed by atoms with E-state index in [4.69, 9.17) is 11.1 Å². The molecule has 0 radical (unpaired) electrons. The van der Waals surface area contributed by atoms with Gasteiger partial charge in [-0.1, -0.05) is 13.3 Å². The molecule has 1 atom stereocenters. The molecule has 1 aliphatic heterocycles. The van der Waals surface area contributed by atoms with E-state index in [2.05, 4.69) is 17.1 Å². The van der Waals surface area contributed by atoms with Crippen LogP contribution >= 0.6 is 0 Å². The van der Waals surface area contributed by atoms with Crippen molar-refractivity contribution in [2.75, 3.05) is 26.2 Å². The van der Waals surface area contributed by atoms with Gasteiger partial charge in [0.2, 0.25) is 0 Å². The van der Waals surface area contributed by atoms with Gasteiger partial charge in [-0.2, -0.15) is 0 Å². The second-order valence-corrected chi connectivity index (χ2v) is 4.60. The molecular formula is C11H24N4. The Labute approximate surface area is 92.7 Å². The van der Waals surface area contributed by atoms with Gasteiger partial charge in [-0.05, 0) is 38.3 Å². The molecule has 15 heavy (non-hydrogen) atoms. The smallest absolute Gasteiger partial charge is 0.185 e. The molecule has 1 unspecified atom stereocenters. The molecule has 1 fully saturated rings.